The molecule has 0 atom stereocenters. The summed E-state index contributed by atoms with van der Waals surface area (Å²) in [7, 11) is 0. The number of benzene rings is 2. The van der Waals surface area contributed by atoms with Crippen LogP contribution in [0.2, 0.25) is 0 Å². The Morgan fingerprint density at radius 3 is 1.15 bits per heavy atom. The van der Waals surface area contributed by atoms with Gasteiger partial charge in [0.1, 0.15) is 23.3 Å². The Morgan fingerprint density at radius 1 is 0.458 bits per heavy atom. The molecule has 59 heavy (non-hydrogen) atoms. The van der Waals surface area contributed by atoms with E-state index in [0.29, 0.717) is 59.5 Å². The van der Waals surface area contributed by atoms with E-state index in [0.717, 1.165) is 90.6 Å². The van der Waals surface area contributed by atoms with Gasteiger partial charge < -0.3 is 23.7 Å². The number of hydrogen-bond acceptors (Lipinski definition) is 5. The first kappa shape index (κ1) is 46.5. The summed E-state index contributed by atoms with van der Waals surface area (Å²) in [6.45, 7) is 7.79. The van der Waals surface area contributed by atoms with Crippen molar-refractivity contribution < 1.29 is 41.2 Å². The Hall–Kier alpha value is -2.04. The van der Waals surface area contributed by atoms with E-state index in [1.54, 1.807) is 0 Å². The summed E-state index contributed by atoms with van der Waals surface area (Å²) < 4.78 is 90.4. The van der Waals surface area contributed by atoms with Crippen molar-refractivity contribution in [3.05, 3.63) is 69.8 Å². The fourth-order valence-electron chi connectivity index (χ4n) is 10.1. The third kappa shape index (κ3) is 14.5. The SMILES string of the molecule is CCCCCC1COC(C2CCC(CCc3cc(F)c(CCOCCc4c(F)cc(CCC5CCC(C6OCC(CCCCC)CO6)CC5)cc4F)c(F)c3)CC2)OC1. The van der Waals surface area contributed by atoms with E-state index in [4.69, 9.17) is 23.7 Å². The Morgan fingerprint density at radius 2 is 0.814 bits per heavy atom. The predicted molar refractivity (Wildman–Crippen MR) is 225 cm³/mol. The molecule has 0 amide bonds. The van der Waals surface area contributed by atoms with Crippen molar-refractivity contribution in [1.82, 2.24) is 0 Å². The molecule has 4 aliphatic rings. The number of unbranched alkanes of at least 4 members (excludes halogenated alkanes) is 4. The van der Waals surface area contributed by atoms with E-state index in [2.05, 4.69) is 13.8 Å². The molecule has 2 aromatic carbocycles. The van der Waals surface area contributed by atoms with Gasteiger partial charge in [0.05, 0.1) is 39.6 Å². The minimum Gasteiger partial charge on any atom is -0.381 e. The summed E-state index contributed by atoms with van der Waals surface area (Å²) in [6, 6.07) is 5.81. The van der Waals surface area contributed by atoms with Crippen LogP contribution in [0.25, 0.3) is 0 Å². The zero-order valence-electron chi connectivity index (χ0n) is 36.3. The zero-order valence-corrected chi connectivity index (χ0v) is 36.3. The third-order valence-electron chi connectivity index (χ3n) is 14.0. The van der Waals surface area contributed by atoms with Crippen LogP contribution in [0.1, 0.15) is 152 Å². The summed E-state index contributed by atoms with van der Waals surface area (Å²) in [5, 5.41) is 0. The highest BCUT2D eigenvalue weighted by molar-refractivity contribution is 5.28. The van der Waals surface area contributed by atoms with Crippen molar-refractivity contribution in [2.45, 2.75) is 168 Å². The van der Waals surface area contributed by atoms with Crippen molar-refractivity contribution in [2.24, 2.45) is 35.5 Å². The lowest BCUT2D eigenvalue weighted by atomic mass is 9.79. The quantitative estimate of drug-likeness (QED) is 0.0874. The Labute approximate surface area is 353 Å². The molecule has 0 unspecified atom stereocenters. The molecule has 0 bridgehead atoms. The number of rotatable bonds is 22. The van der Waals surface area contributed by atoms with Gasteiger partial charge in [0.25, 0.3) is 0 Å². The van der Waals surface area contributed by atoms with Gasteiger partial charge >= 0.3 is 0 Å². The number of ether oxygens (including phenoxy) is 5. The second-order valence-electron chi connectivity index (χ2n) is 18.6. The summed E-state index contributed by atoms with van der Waals surface area (Å²) in [5.74, 6) is 0.702. The summed E-state index contributed by atoms with van der Waals surface area (Å²) in [6.07, 6.45) is 21.5. The van der Waals surface area contributed by atoms with Crippen molar-refractivity contribution in [3.8, 4) is 0 Å². The molecule has 0 spiro atoms. The van der Waals surface area contributed by atoms with Crippen LogP contribution in [0.4, 0.5) is 17.6 Å². The van der Waals surface area contributed by atoms with Crippen LogP contribution >= 0.6 is 0 Å². The highest BCUT2D eigenvalue weighted by atomic mass is 19.1. The monoisotopic (exact) mass is 831 g/mol. The van der Waals surface area contributed by atoms with E-state index >= 15 is 17.6 Å². The molecule has 9 heteroatoms. The van der Waals surface area contributed by atoms with Crippen LogP contribution in [-0.4, -0.2) is 52.2 Å². The summed E-state index contributed by atoms with van der Waals surface area (Å²) >= 11 is 0. The topological polar surface area (TPSA) is 46.2 Å². The fourth-order valence-corrected chi connectivity index (χ4v) is 10.1. The molecule has 2 saturated heterocycles. The molecular weight excluding hydrogens is 757 g/mol. The van der Waals surface area contributed by atoms with Crippen LogP contribution < -0.4 is 0 Å². The lowest BCUT2D eigenvalue weighted by Gasteiger charge is -2.37. The second-order valence-corrected chi connectivity index (χ2v) is 18.6. The number of hydrogen-bond donors (Lipinski definition) is 0. The minimum absolute atomic E-state index is 0.00787. The molecule has 2 aliphatic heterocycles. The summed E-state index contributed by atoms with van der Waals surface area (Å²) in [5.41, 5.74) is 1.33. The Bertz CT molecular complexity index is 1350. The van der Waals surface area contributed by atoms with Crippen molar-refractivity contribution in [2.75, 3.05) is 39.6 Å². The first-order valence-corrected chi connectivity index (χ1v) is 23.8. The maximum atomic E-state index is 15.1. The first-order chi connectivity index (χ1) is 28.8. The van der Waals surface area contributed by atoms with Gasteiger partial charge in [-0.1, -0.05) is 52.4 Å². The van der Waals surface area contributed by atoms with Gasteiger partial charge in [-0.25, -0.2) is 17.6 Å². The van der Waals surface area contributed by atoms with E-state index in [9.17, 15) is 0 Å². The van der Waals surface area contributed by atoms with Crippen LogP contribution in [0, 0.1) is 58.8 Å². The highest BCUT2D eigenvalue weighted by Gasteiger charge is 2.34. The lowest BCUT2D eigenvalue weighted by Crippen LogP contribution is -2.38. The minimum atomic E-state index is -0.564. The molecular formula is C50H74F4O5. The van der Waals surface area contributed by atoms with Gasteiger partial charge in [0.15, 0.2) is 12.6 Å². The maximum absolute atomic E-state index is 15.1. The molecule has 0 aromatic heterocycles. The van der Waals surface area contributed by atoms with E-state index in [1.807, 2.05) is 0 Å². The smallest absolute Gasteiger partial charge is 0.160 e. The molecule has 2 heterocycles. The maximum Gasteiger partial charge on any atom is 0.160 e. The molecule has 5 nitrogen and oxygen atoms in total. The molecule has 2 saturated carbocycles. The molecule has 2 aromatic rings. The molecule has 332 valence electrons. The molecule has 6 rings (SSSR count). The van der Waals surface area contributed by atoms with Gasteiger partial charge in [-0.05, 0) is 137 Å². The number of halogens is 4. The third-order valence-corrected chi connectivity index (χ3v) is 14.0. The molecule has 2 aliphatic carbocycles. The average molecular weight is 831 g/mol. The highest BCUT2D eigenvalue weighted by Crippen LogP contribution is 2.38. The zero-order chi connectivity index (χ0) is 41.4. The average Bonchev–Trinajstić information content (AvgIpc) is 3.25. The predicted octanol–water partition coefficient (Wildman–Crippen LogP) is 12.7. The summed E-state index contributed by atoms with van der Waals surface area (Å²) in [4.78, 5) is 0. The molecule has 0 N–H and O–H groups in total. The van der Waals surface area contributed by atoms with Crippen LogP contribution in [-0.2, 0) is 49.4 Å². The fraction of sp³-hybridized carbons (Fsp3) is 0.760. The van der Waals surface area contributed by atoms with Crippen LogP contribution in [0.3, 0.4) is 0 Å². The van der Waals surface area contributed by atoms with Crippen molar-refractivity contribution in [3.63, 3.8) is 0 Å². The molecule has 4 fully saturated rings. The van der Waals surface area contributed by atoms with Gasteiger partial charge in [-0.2, -0.15) is 0 Å². The second kappa shape index (κ2) is 24.6. The van der Waals surface area contributed by atoms with Gasteiger partial charge in [-0.15, -0.1) is 0 Å². The van der Waals surface area contributed by atoms with Gasteiger partial charge in [0, 0.05) is 47.6 Å². The lowest BCUT2D eigenvalue weighted by molar-refractivity contribution is -0.230. The normalized spacial score (nSPS) is 27.9. The number of aryl methyl sites for hydroxylation is 2. The first-order valence-electron chi connectivity index (χ1n) is 23.8. The van der Waals surface area contributed by atoms with Crippen LogP contribution in [0.5, 0.6) is 0 Å². The van der Waals surface area contributed by atoms with Crippen LogP contribution in [0.15, 0.2) is 24.3 Å². The van der Waals surface area contributed by atoms with Crippen molar-refractivity contribution >= 4 is 0 Å². The van der Waals surface area contributed by atoms with E-state index in [1.165, 1.54) is 75.6 Å². The van der Waals surface area contributed by atoms with Gasteiger partial charge in [-0.3, -0.25) is 0 Å². The van der Waals surface area contributed by atoms with Gasteiger partial charge in [0.2, 0.25) is 0 Å². The Kier molecular flexibility index (Phi) is 19.3. The van der Waals surface area contributed by atoms with Crippen molar-refractivity contribution in [1.29, 1.82) is 0 Å². The molecule has 0 radical (unpaired) electrons. The largest absolute Gasteiger partial charge is 0.381 e. The standard InChI is InChI=1S/C50H74F4O5/c1-3-5-7-9-39-31-56-49(57-32-39)41-19-15-35(16-20-41)11-13-37-27-45(51)43(46(52)28-37)23-25-55-26-24-44-47(53)29-38(30-48(44)54)14-12-36-17-21-42(22-18-36)50-58-33-40(34-59-50)10-8-6-4-2/h27-30,35-36,39-42,49-50H,3-26,31-34H2,1-2H3. The van der Waals surface area contributed by atoms with E-state index in [-0.39, 0.29) is 49.8 Å². The Balaban J connectivity index is 0.833. The van der Waals surface area contributed by atoms with E-state index < -0.39 is 23.3 Å².